The van der Waals surface area contributed by atoms with Gasteiger partial charge in [-0.1, -0.05) is 13.3 Å². The standard InChI is InChI=1S/C14H20F2N2O3/c1-4-7-14(2,17)12(19)18-10-8-9(20-3)5-6-11(10)21-13(15)16/h5-6,8,13H,4,7,17H2,1-3H3,(H,18,19). The normalized spacial score (nSPS) is 13.7. The largest absolute Gasteiger partial charge is 0.497 e. The molecule has 1 aromatic carbocycles. The van der Waals surface area contributed by atoms with Crippen molar-refractivity contribution in [3.63, 3.8) is 0 Å². The Labute approximate surface area is 122 Å². The van der Waals surface area contributed by atoms with Gasteiger partial charge in [0, 0.05) is 6.07 Å². The third-order valence-corrected chi connectivity index (χ3v) is 2.94. The number of nitrogens with one attached hydrogen (secondary N) is 1. The van der Waals surface area contributed by atoms with Crippen LogP contribution in [0.4, 0.5) is 14.5 Å². The van der Waals surface area contributed by atoms with Crippen molar-refractivity contribution in [2.75, 3.05) is 12.4 Å². The molecule has 1 atom stereocenters. The lowest BCUT2D eigenvalue weighted by atomic mass is 9.96. The average Bonchev–Trinajstić information content (AvgIpc) is 2.40. The fraction of sp³-hybridized carbons (Fsp3) is 0.500. The highest BCUT2D eigenvalue weighted by molar-refractivity contribution is 5.98. The number of amides is 1. The Hall–Kier alpha value is -1.89. The summed E-state index contributed by atoms with van der Waals surface area (Å²) in [7, 11) is 1.43. The average molecular weight is 302 g/mol. The van der Waals surface area contributed by atoms with Crippen molar-refractivity contribution >= 4 is 11.6 Å². The van der Waals surface area contributed by atoms with Gasteiger partial charge in [0.2, 0.25) is 5.91 Å². The summed E-state index contributed by atoms with van der Waals surface area (Å²) in [5, 5.41) is 2.51. The van der Waals surface area contributed by atoms with Crippen LogP contribution < -0.4 is 20.5 Å². The number of nitrogens with two attached hydrogens (primary N) is 1. The van der Waals surface area contributed by atoms with Crippen LogP contribution in [0.25, 0.3) is 0 Å². The second kappa shape index (κ2) is 7.21. The van der Waals surface area contributed by atoms with E-state index in [-0.39, 0.29) is 11.4 Å². The van der Waals surface area contributed by atoms with Crippen LogP contribution in [0.2, 0.25) is 0 Å². The first kappa shape index (κ1) is 17.2. The molecule has 0 aliphatic rings. The first-order valence-electron chi connectivity index (χ1n) is 6.53. The summed E-state index contributed by atoms with van der Waals surface area (Å²) in [5.41, 5.74) is 4.90. The fourth-order valence-electron chi connectivity index (χ4n) is 1.83. The van der Waals surface area contributed by atoms with Gasteiger partial charge in [0.15, 0.2) is 0 Å². The number of rotatable bonds is 7. The molecule has 7 heteroatoms. The van der Waals surface area contributed by atoms with Crippen molar-refractivity contribution in [2.45, 2.75) is 38.8 Å². The minimum Gasteiger partial charge on any atom is -0.497 e. The Kier molecular flexibility index (Phi) is 5.90. The molecule has 118 valence electrons. The van der Waals surface area contributed by atoms with Crippen molar-refractivity contribution in [3.8, 4) is 11.5 Å². The Morgan fingerprint density at radius 2 is 2.14 bits per heavy atom. The number of benzene rings is 1. The number of alkyl halides is 2. The number of anilines is 1. The van der Waals surface area contributed by atoms with Crippen LogP contribution in [0.15, 0.2) is 18.2 Å². The predicted molar refractivity (Wildman–Crippen MR) is 75.8 cm³/mol. The molecule has 0 saturated heterocycles. The van der Waals surface area contributed by atoms with E-state index >= 15 is 0 Å². The number of ether oxygens (including phenoxy) is 2. The highest BCUT2D eigenvalue weighted by Crippen LogP contribution is 2.31. The topological polar surface area (TPSA) is 73.6 Å². The molecule has 3 N–H and O–H groups in total. The molecule has 0 aliphatic carbocycles. The molecular weight excluding hydrogens is 282 g/mol. The van der Waals surface area contributed by atoms with Gasteiger partial charge in [-0.3, -0.25) is 4.79 Å². The number of methoxy groups -OCH3 is 1. The number of halogens is 2. The lowest BCUT2D eigenvalue weighted by Gasteiger charge is -2.23. The summed E-state index contributed by atoms with van der Waals surface area (Å²) in [5.74, 6) is -0.218. The zero-order chi connectivity index (χ0) is 16.0. The predicted octanol–water partition coefficient (Wildman–Crippen LogP) is 2.75. The molecule has 1 aromatic rings. The number of carbonyl (C=O) groups excluding carboxylic acids is 1. The third kappa shape index (κ3) is 4.86. The Morgan fingerprint density at radius 1 is 1.48 bits per heavy atom. The van der Waals surface area contributed by atoms with Crippen molar-refractivity contribution < 1.29 is 23.0 Å². The van der Waals surface area contributed by atoms with E-state index in [1.54, 1.807) is 6.92 Å². The molecule has 1 unspecified atom stereocenters. The molecule has 0 radical (unpaired) electrons. The summed E-state index contributed by atoms with van der Waals surface area (Å²) >= 11 is 0. The molecule has 1 amide bonds. The molecule has 1 rings (SSSR count). The van der Waals surface area contributed by atoms with E-state index in [4.69, 9.17) is 10.5 Å². The maximum atomic E-state index is 12.4. The highest BCUT2D eigenvalue weighted by atomic mass is 19.3. The molecule has 5 nitrogen and oxygen atoms in total. The maximum absolute atomic E-state index is 12.4. The summed E-state index contributed by atoms with van der Waals surface area (Å²) in [4.78, 5) is 12.1. The SMILES string of the molecule is CCCC(C)(N)C(=O)Nc1cc(OC)ccc1OC(F)F. The Bertz CT molecular complexity index is 493. The van der Waals surface area contributed by atoms with Crippen LogP contribution in [-0.4, -0.2) is 25.2 Å². The highest BCUT2D eigenvalue weighted by Gasteiger charge is 2.28. The van der Waals surface area contributed by atoms with Crippen molar-refractivity contribution in [2.24, 2.45) is 5.73 Å². The van der Waals surface area contributed by atoms with Crippen LogP contribution in [0.5, 0.6) is 11.5 Å². The molecule has 0 fully saturated rings. The van der Waals surface area contributed by atoms with Crippen LogP contribution in [0.3, 0.4) is 0 Å². The maximum Gasteiger partial charge on any atom is 0.387 e. The third-order valence-electron chi connectivity index (χ3n) is 2.94. The van der Waals surface area contributed by atoms with Gasteiger partial charge in [0.05, 0.1) is 18.3 Å². The van der Waals surface area contributed by atoms with Crippen LogP contribution in [-0.2, 0) is 4.79 Å². The van der Waals surface area contributed by atoms with Gasteiger partial charge < -0.3 is 20.5 Å². The van der Waals surface area contributed by atoms with Gasteiger partial charge in [0.25, 0.3) is 0 Å². The second-order valence-electron chi connectivity index (χ2n) is 4.86. The monoisotopic (exact) mass is 302 g/mol. The van der Waals surface area contributed by atoms with E-state index in [0.717, 1.165) is 6.42 Å². The van der Waals surface area contributed by atoms with E-state index in [1.807, 2.05) is 6.92 Å². The minimum atomic E-state index is -2.99. The molecule has 0 aromatic heterocycles. The van der Waals surface area contributed by atoms with Gasteiger partial charge in [-0.25, -0.2) is 0 Å². The fourth-order valence-corrected chi connectivity index (χ4v) is 1.83. The molecule has 0 heterocycles. The van der Waals surface area contributed by atoms with Gasteiger partial charge in [-0.15, -0.1) is 0 Å². The first-order chi connectivity index (χ1) is 9.80. The number of carbonyl (C=O) groups is 1. The van der Waals surface area contributed by atoms with E-state index in [1.165, 1.54) is 25.3 Å². The van der Waals surface area contributed by atoms with Crippen LogP contribution in [0.1, 0.15) is 26.7 Å². The quantitative estimate of drug-likeness (QED) is 0.812. The molecule has 0 spiro atoms. The summed E-state index contributed by atoms with van der Waals surface area (Å²) in [6.07, 6.45) is 1.19. The van der Waals surface area contributed by atoms with Crippen LogP contribution in [0, 0.1) is 0 Å². The summed E-state index contributed by atoms with van der Waals surface area (Å²) in [6, 6.07) is 4.16. The van der Waals surface area contributed by atoms with E-state index in [9.17, 15) is 13.6 Å². The number of hydrogen-bond acceptors (Lipinski definition) is 4. The molecular formula is C14H20F2N2O3. The van der Waals surface area contributed by atoms with Crippen molar-refractivity contribution in [3.05, 3.63) is 18.2 Å². The van der Waals surface area contributed by atoms with E-state index in [0.29, 0.717) is 12.2 Å². The molecule has 0 aliphatic heterocycles. The van der Waals surface area contributed by atoms with E-state index in [2.05, 4.69) is 10.1 Å². The van der Waals surface area contributed by atoms with Gasteiger partial charge >= 0.3 is 6.61 Å². The molecule has 0 bridgehead atoms. The lowest BCUT2D eigenvalue weighted by molar-refractivity contribution is -0.120. The molecule has 0 saturated carbocycles. The lowest BCUT2D eigenvalue weighted by Crippen LogP contribution is -2.48. The summed E-state index contributed by atoms with van der Waals surface area (Å²) < 4.78 is 34.1. The Balaban J connectivity index is 3.01. The van der Waals surface area contributed by atoms with Gasteiger partial charge in [-0.05, 0) is 25.5 Å². The van der Waals surface area contributed by atoms with Crippen LogP contribution >= 0.6 is 0 Å². The van der Waals surface area contributed by atoms with Gasteiger partial charge in [0.1, 0.15) is 11.5 Å². The second-order valence-corrected chi connectivity index (χ2v) is 4.86. The minimum absolute atomic E-state index is 0.0902. The molecule has 21 heavy (non-hydrogen) atoms. The summed E-state index contributed by atoms with van der Waals surface area (Å²) in [6.45, 7) is 0.489. The van der Waals surface area contributed by atoms with Gasteiger partial charge in [-0.2, -0.15) is 8.78 Å². The zero-order valence-electron chi connectivity index (χ0n) is 12.3. The first-order valence-corrected chi connectivity index (χ1v) is 6.53. The number of hydrogen-bond donors (Lipinski definition) is 2. The Morgan fingerprint density at radius 3 is 2.67 bits per heavy atom. The van der Waals surface area contributed by atoms with E-state index < -0.39 is 18.1 Å². The smallest absolute Gasteiger partial charge is 0.387 e. The van der Waals surface area contributed by atoms with Crippen molar-refractivity contribution in [1.29, 1.82) is 0 Å². The zero-order valence-corrected chi connectivity index (χ0v) is 12.3. The van der Waals surface area contributed by atoms with Crippen molar-refractivity contribution in [1.82, 2.24) is 0 Å².